The van der Waals surface area contributed by atoms with Crippen LogP contribution in [0.2, 0.25) is 0 Å². The molecule has 0 bridgehead atoms. The number of nitrogens with zero attached hydrogens (tertiary/aromatic N) is 1. The van der Waals surface area contributed by atoms with E-state index >= 15 is 0 Å². The lowest BCUT2D eigenvalue weighted by molar-refractivity contribution is 0.933. The summed E-state index contributed by atoms with van der Waals surface area (Å²) in [4.78, 5) is 0. The van der Waals surface area contributed by atoms with E-state index in [1.807, 2.05) is 11.0 Å². The molecule has 0 heterocycles. The third-order valence-corrected chi connectivity index (χ3v) is 0. The molecule has 0 unspecified atom stereocenters. The van der Waals surface area contributed by atoms with Gasteiger partial charge in [0.05, 0.1) is 10.4 Å². The highest BCUT2D eigenvalue weighted by Gasteiger charge is 1.59. The molecule has 1 nitrogen and oxygen atoms in total. The van der Waals surface area contributed by atoms with Crippen LogP contribution < -0.4 is 0 Å². The van der Waals surface area contributed by atoms with E-state index in [-0.39, 0.29) is 0 Å². The van der Waals surface area contributed by atoms with Crippen LogP contribution in [0.15, 0.2) is 0 Å². The molecule has 0 amide bonds. The van der Waals surface area contributed by atoms with Crippen molar-refractivity contribution in [1.29, 1.82) is 0 Å². The highest BCUT2D eigenvalue weighted by Crippen LogP contribution is 1.68. The largest absolute Gasteiger partial charge is 0.288 e. The Kier molecular flexibility index (Phi) is 2.05. The molecule has 0 aromatic carbocycles. The Morgan fingerprint density at radius 2 is 2.00 bits per heavy atom. The Morgan fingerprint density at radius 3 is 2.00 bits per heavy atom. The van der Waals surface area contributed by atoms with Gasteiger partial charge in [0.1, 0.15) is 0 Å². The Bertz CT molecular complexity index is 12.8. The van der Waals surface area contributed by atoms with E-state index in [9.17, 15) is 0 Å². The third-order valence-electron chi connectivity index (χ3n) is 0. The van der Waals surface area contributed by atoms with Crippen LogP contribution in [0.25, 0.3) is 0 Å². The van der Waals surface area contributed by atoms with Gasteiger partial charge in [0.15, 0.2) is 0 Å². The summed E-state index contributed by atoms with van der Waals surface area (Å²) in [7, 11) is 2.97. The van der Waals surface area contributed by atoms with E-state index in [4.69, 9.17) is 0 Å². The Hall–Kier alpha value is 0.527. The zero-order valence-electron chi connectivity index (χ0n) is 2.89. The molecule has 3 heteroatoms. The van der Waals surface area contributed by atoms with Gasteiger partial charge in [-0.15, -0.1) is 12.8 Å². The molecule has 0 aromatic heterocycles. The molecule has 0 spiro atoms. The topological polar surface area (TPSA) is 3.24 Å². The SMILES string of the molecule is CN([SiH3])S. The fraction of sp³-hybridized carbons (Fsp3) is 1.00. The molecule has 0 aliphatic rings. The van der Waals surface area contributed by atoms with E-state index < -0.39 is 0 Å². The van der Waals surface area contributed by atoms with Crippen molar-refractivity contribution in [3.8, 4) is 0 Å². The maximum absolute atomic E-state index is 3.86. The van der Waals surface area contributed by atoms with Crippen molar-refractivity contribution in [1.82, 2.24) is 3.97 Å². The molecule has 0 rings (SSSR count). The fourth-order valence-corrected chi connectivity index (χ4v) is 0. The first kappa shape index (κ1) is 4.53. The zero-order valence-corrected chi connectivity index (χ0v) is 5.79. The summed E-state index contributed by atoms with van der Waals surface area (Å²) in [6.45, 7) is 0. The van der Waals surface area contributed by atoms with Crippen LogP contribution in [0.1, 0.15) is 0 Å². The van der Waals surface area contributed by atoms with Gasteiger partial charge in [0.25, 0.3) is 0 Å². The van der Waals surface area contributed by atoms with E-state index in [2.05, 4.69) is 12.8 Å². The quantitative estimate of drug-likeness (QED) is 0.298. The number of thiol groups is 1. The van der Waals surface area contributed by atoms with Crippen LogP contribution in [0, 0.1) is 0 Å². The molecule has 0 radical (unpaired) electrons. The lowest BCUT2D eigenvalue weighted by atomic mass is 11.6. The van der Waals surface area contributed by atoms with Gasteiger partial charge in [0, 0.05) is 0 Å². The molecule has 0 fully saturated rings. The maximum atomic E-state index is 3.86. The highest BCUT2D eigenvalue weighted by molar-refractivity contribution is 7.78. The van der Waals surface area contributed by atoms with Gasteiger partial charge in [-0.25, -0.2) is 0 Å². The van der Waals surface area contributed by atoms with Gasteiger partial charge in [-0.2, -0.15) is 0 Å². The molecule has 0 N–H and O–H groups in total. The molecular formula is CH7NSSi. The average Bonchev–Trinajstić information content (AvgIpc) is 0.811. The van der Waals surface area contributed by atoms with Crippen LogP contribution in [0.4, 0.5) is 0 Å². The monoisotopic (exact) mass is 93.0 g/mol. The van der Waals surface area contributed by atoms with Gasteiger partial charge in [-0.3, -0.25) is 3.97 Å². The maximum Gasteiger partial charge on any atom is 0.0920 e. The molecule has 0 saturated heterocycles. The predicted octanol–water partition coefficient (Wildman–Crippen LogP) is -0.957. The molecule has 0 aliphatic carbocycles. The molecule has 4 heavy (non-hydrogen) atoms. The second-order valence-electron chi connectivity index (χ2n) is 0.847. The summed E-state index contributed by atoms with van der Waals surface area (Å²) < 4.78 is 1.83. The van der Waals surface area contributed by atoms with Crippen molar-refractivity contribution in [3.63, 3.8) is 0 Å². The van der Waals surface area contributed by atoms with Crippen molar-refractivity contribution in [2.45, 2.75) is 0 Å². The molecule has 0 aliphatic heterocycles. The van der Waals surface area contributed by atoms with Crippen LogP contribution in [-0.4, -0.2) is 21.4 Å². The van der Waals surface area contributed by atoms with E-state index in [1.54, 1.807) is 0 Å². The van der Waals surface area contributed by atoms with Gasteiger partial charge in [-0.05, 0) is 7.05 Å². The summed E-state index contributed by atoms with van der Waals surface area (Å²) in [6.07, 6.45) is 0. The van der Waals surface area contributed by atoms with Crippen molar-refractivity contribution in [2.75, 3.05) is 7.05 Å². The summed E-state index contributed by atoms with van der Waals surface area (Å²) in [5.74, 6) is 0. The third kappa shape index (κ3) is 21.2. The van der Waals surface area contributed by atoms with E-state index in [0.717, 1.165) is 10.4 Å². The van der Waals surface area contributed by atoms with E-state index in [0.29, 0.717) is 0 Å². The molecular weight excluding hydrogens is 86.2 g/mol. The standard InChI is InChI=1S/CH7NSSi/c1-2(3)4/h3H,1,4H3. The first-order chi connectivity index (χ1) is 1.73. The second kappa shape index (κ2) is 1.81. The van der Waals surface area contributed by atoms with E-state index in [1.165, 1.54) is 0 Å². The Balaban J connectivity index is 2.32. The minimum atomic E-state index is 1.05. The molecule has 0 atom stereocenters. The smallest absolute Gasteiger partial charge is 0.0920 e. The van der Waals surface area contributed by atoms with Gasteiger partial charge in [0.2, 0.25) is 0 Å². The summed E-state index contributed by atoms with van der Waals surface area (Å²) in [5.41, 5.74) is 0. The number of hydrogen-bond acceptors (Lipinski definition) is 2. The number of rotatable bonds is 0. The second-order valence-corrected chi connectivity index (χ2v) is 3.74. The summed E-state index contributed by atoms with van der Waals surface area (Å²) >= 11 is 3.86. The van der Waals surface area contributed by atoms with Gasteiger partial charge in [-0.1, -0.05) is 0 Å². The lowest BCUT2D eigenvalue weighted by Gasteiger charge is -1.89. The van der Waals surface area contributed by atoms with Crippen LogP contribution in [0.3, 0.4) is 0 Å². The summed E-state index contributed by atoms with van der Waals surface area (Å²) in [6, 6.07) is 0. The van der Waals surface area contributed by atoms with Crippen molar-refractivity contribution in [3.05, 3.63) is 0 Å². The Labute approximate surface area is 35.0 Å². The van der Waals surface area contributed by atoms with Gasteiger partial charge >= 0.3 is 0 Å². The molecule has 0 aromatic rings. The van der Waals surface area contributed by atoms with Crippen LogP contribution in [-0.2, 0) is 0 Å². The average molecular weight is 93.2 g/mol. The number of hydrogen-bond donors (Lipinski definition) is 1. The first-order valence-electron chi connectivity index (χ1n) is 1.09. The molecule has 0 saturated carbocycles. The van der Waals surface area contributed by atoms with Gasteiger partial charge < -0.3 is 0 Å². The van der Waals surface area contributed by atoms with Crippen molar-refractivity contribution >= 4 is 23.2 Å². The highest BCUT2D eigenvalue weighted by atomic mass is 32.1. The van der Waals surface area contributed by atoms with Crippen LogP contribution in [0.5, 0.6) is 0 Å². The lowest BCUT2D eigenvalue weighted by Crippen LogP contribution is -1.93. The predicted molar refractivity (Wildman–Crippen MR) is 26.7 cm³/mol. The summed E-state index contributed by atoms with van der Waals surface area (Å²) in [5, 5.41) is 0. The fourth-order valence-electron chi connectivity index (χ4n) is 0. The molecule has 26 valence electrons. The Morgan fingerprint density at radius 1 is 2.00 bits per heavy atom. The normalized spacial score (nSPS) is 9.75. The van der Waals surface area contributed by atoms with Crippen molar-refractivity contribution in [2.24, 2.45) is 0 Å². The van der Waals surface area contributed by atoms with Crippen LogP contribution >= 0.6 is 12.8 Å². The zero-order chi connectivity index (χ0) is 3.58. The minimum Gasteiger partial charge on any atom is -0.288 e. The first-order valence-corrected chi connectivity index (χ1v) is 2.39. The van der Waals surface area contributed by atoms with Crippen molar-refractivity contribution < 1.29 is 0 Å². The minimum absolute atomic E-state index is 1.05.